The lowest BCUT2D eigenvalue weighted by Crippen LogP contribution is -2.51. The van der Waals surface area contributed by atoms with Gasteiger partial charge in [-0.25, -0.2) is 0 Å². The first kappa shape index (κ1) is 25.1. The van der Waals surface area contributed by atoms with Gasteiger partial charge in [-0.15, -0.1) is 11.3 Å². The minimum Gasteiger partial charge on any atom is -0.332 e. The maximum atomic E-state index is 13.4. The van der Waals surface area contributed by atoms with Crippen molar-refractivity contribution in [2.75, 3.05) is 6.54 Å². The highest BCUT2D eigenvalue weighted by atomic mass is 32.1. The standard InChI is InChI=1S/C26H38N2O2S/c1-6-7-8-12-15-24(29)28(26(3,4)5)20-25(30)27(18-22-13-10-9-11-14-22)19-23-17-16-21(2)31-23/h9-11,13-14,16-17H,6-8,12,15,18-20H2,1-5H3. The molecule has 31 heavy (non-hydrogen) atoms. The molecule has 0 unspecified atom stereocenters. The molecule has 0 atom stereocenters. The Labute approximate surface area is 192 Å². The number of amides is 2. The van der Waals surface area contributed by atoms with Gasteiger partial charge in [-0.1, -0.05) is 56.5 Å². The molecule has 0 aliphatic carbocycles. The molecule has 0 aliphatic rings. The second kappa shape index (κ2) is 12.0. The quantitative estimate of drug-likeness (QED) is 0.390. The summed E-state index contributed by atoms with van der Waals surface area (Å²) in [5, 5.41) is 0. The van der Waals surface area contributed by atoms with E-state index in [1.807, 2.05) is 56.0 Å². The third kappa shape index (κ3) is 8.48. The Morgan fingerprint density at radius 3 is 2.19 bits per heavy atom. The average Bonchev–Trinajstić information content (AvgIpc) is 3.13. The van der Waals surface area contributed by atoms with Gasteiger partial charge in [0.15, 0.2) is 0 Å². The van der Waals surface area contributed by atoms with Gasteiger partial charge < -0.3 is 9.80 Å². The molecule has 0 saturated carbocycles. The Balaban J connectivity index is 2.14. The Hall–Kier alpha value is -2.14. The number of nitrogens with zero attached hydrogens (tertiary/aromatic N) is 2. The summed E-state index contributed by atoms with van der Waals surface area (Å²) >= 11 is 1.72. The first-order valence-corrected chi connectivity index (χ1v) is 12.2. The number of aryl methyl sites for hydroxylation is 1. The number of hydrogen-bond acceptors (Lipinski definition) is 3. The van der Waals surface area contributed by atoms with E-state index in [0.717, 1.165) is 36.1 Å². The van der Waals surface area contributed by atoms with Crippen molar-refractivity contribution in [3.8, 4) is 0 Å². The zero-order valence-corrected chi connectivity index (χ0v) is 20.6. The Morgan fingerprint density at radius 2 is 1.61 bits per heavy atom. The molecule has 1 aromatic heterocycles. The van der Waals surface area contributed by atoms with E-state index in [4.69, 9.17) is 0 Å². The van der Waals surface area contributed by atoms with E-state index in [0.29, 0.717) is 19.5 Å². The lowest BCUT2D eigenvalue weighted by atomic mass is 10.0. The maximum absolute atomic E-state index is 13.4. The Morgan fingerprint density at radius 1 is 0.903 bits per heavy atom. The van der Waals surface area contributed by atoms with Gasteiger partial charge in [-0.3, -0.25) is 9.59 Å². The normalized spacial score (nSPS) is 11.4. The van der Waals surface area contributed by atoms with Crippen LogP contribution < -0.4 is 0 Å². The summed E-state index contributed by atoms with van der Waals surface area (Å²) in [7, 11) is 0. The molecule has 5 heteroatoms. The molecule has 4 nitrogen and oxygen atoms in total. The van der Waals surface area contributed by atoms with E-state index < -0.39 is 5.54 Å². The lowest BCUT2D eigenvalue weighted by Gasteiger charge is -2.37. The van der Waals surface area contributed by atoms with Crippen LogP contribution in [0.15, 0.2) is 42.5 Å². The predicted molar refractivity (Wildman–Crippen MR) is 130 cm³/mol. The first-order valence-electron chi connectivity index (χ1n) is 11.4. The minimum atomic E-state index is -0.393. The molecular weight excluding hydrogens is 404 g/mol. The van der Waals surface area contributed by atoms with Crippen LogP contribution in [0.25, 0.3) is 0 Å². The van der Waals surface area contributed by atoms with Crippen molar-refractivity contribution in [1.82, 2.24) is 9.80 Å². The van der Waals surface area contributed by atoms with E-state index >= 15 is 0 Å². The van der Waals surface area contributed by atoms with Crippen molar-refractivity contribution in [3.63, 3.8) is 0 Å². The lowest BCUT2D eigenvalue weighted by molar-refractivity contribution is -0.145. The zero-order valence-electron chi connectivity index (χ0n) is 19.8. The zero-order chi connectivity index (χ0) is 22.9. The van der Waals surface area contributed by atoms with Gasteiger partial charge >= 0.3 is 0 Å². The number of rotatable bonds is 11. The van der Waals surface area contributed by atoms with Crippen LogP contribution in [0.5, 0.6) is 0 Å². The van der Waals surface area contributed by atoms with E-state index in [9.17, 15) is 9.59 Å². The van der Waals surface area contributed by atoms with Gasteiger partial charge in [-0.2, -0.15) is 0 Å². The number of unbranched alkanes of at least 4 members (excludes halogenated alkanes) is 3. The summed E-state index contributed by atoms with van der Waals surface area (Å²) < 4.78 is 0. The van der Waals surface area contributed by atoms with Crippen molar-refractivity contribution >= 4 is 23.2 Å². The van der Waals surface area contributed by atoms with Crippen LogP contribution in [0.2, 0.25) is 0 Å². The van der Waals surface area contributed by atoms with E-state index in [2.05, 4.69) is 26.0 Å². The van der Waals surface area contributed by atoms with Crippen LogP contribution in [0.3, 0.4) is 0 Å². The van der Waals surface area contributed by atoms with Gasteiger partial charge in [0, 0.05) is 28.3 Å². The molecule has 2 amide bonds. The predicted octanol–water partition coefficient (Wildman–Crippen LogP) is 6.18. The fourth-order valence-corrected chi connectivity index (χ4v) is 4.47. The smallest absolute Gasteiger partial charge is 0.242 e. The molecule has 0 bridgehead atoms. The summed E-state index contributed by atoms with van der Waals surface area (Å²) in [6.45, 7) is 11.5. The second-order valence-corrected chi connectivity index (χ2v) is 10.6. The fourth-order valence-electron chi connectivity index (χ4n) is 3.57. The summed E-state index contributed by atoms with van der Waals surface area (Å²) in [6, 6.07) is 14.2. The van der Waals surface area contributed by atoms with Gasteiger partial charge in [0.25, 0.3) is 0 Å². The Bertz CT molecular complexity index is 823. The van der Waals surface area contributed by atoms with Crippen molar-refractivity contribution in [1.29, 1.82) is 0 Å². The molecule has 2 aromatic rings. The van der Waals surface area contributed by atoms with Gasteiger partial charge in [-0.05, 0) is 51.8 Å². The summed E-state index contributed by atoms with van der Waals surface area (Å²) in [5.74, 6) is 0.0651. The molecule has 0 N–H and O–H groups in total. The van der Waals surface area contributed by atoms with Crippen molar-refractivity contribution in [2.24, 2.45) is 0 Å². The van der Waals surface area contributed by atoms with Crippen LogP contribution in [0.1, 0.15) is 75.1 Å². The third-order valence-electron chi connectivity index (χ3n) is 5.36. The van der Waals surface area contributed by atoms with Gasteiger partial charge in [0.05, 0.1) is 6.54 Å². The number of thiophene rings is 1. The number of benzene rings is 1. The summed E-state index contributed by atoms with van der Waals surface area (Å²) in [6.07, 6.45) is 4.74. The van der Waals surface area contributed by atoms with Crippen LogP contribution in [-0.2, 0) is 22.7 Å². The molecule has 1 heterocycles. The van der Waals surface area contributed by atoms with Crippen molar-refractivity contribution in [2.45, 2.75) is 85.4 Å². The molecule has 0 fully saturated rings. The van der Waals surface area contributed by atoms with E-state index in [-0.39, 0.29) is 18.4 Å². The van der Waals surface area contributed by atoms with E-state index in [1.54, 1.807) is 16.2 Å². The van der Waals surface area contributed by atoms with Crippen LogP contribution in [-0.4, -0.2) is 33.7 Å². The summed E-state index contributed by atoms with van der Waals surface area (Å²) in [5.41, 5.74) is 0.701. The topological polar surface area (TPSA) is 40.6 Å². The summed E-state index contributed by atoms with van der Waals surface area (Å²) in [4.78, 5) is 32.5. The molecular formula is C26H38N2O2S. The first-order chi connectivity index (χ1) is 14.7. The SMILES string of the molecule is CCCCCCC(=O)N(CC(=O)N(Cc1ccccc1)Cc1ccc(C)s1)C(C)(C)C. The van der Waals surface area contributed by atoms with Crippen molar-refractivity contribution < 1.29 is 9.59 Å². The maximum Gasteiger partial charge on any atom is 0.242 e. The molecule has 0 saturated heterocycles. The highest BCUT2D eigenvalue weighted by Crippen LogP contribution is 2.21. The minimum absolute atomic E-state index is 0.00765. The monoisotopic (exact) mass is 442 g/mol. The molecule has 1 aromatic carbocycles. The van der Waals surface area contributed by atoms with Crippen LogP contribution >= 0.6 is 11.3 Å². The highest BCUT2D eigenvalue weighted by Gasteiger charge is 2.30. The number of carbonyl (C=O) groups is 2. The second-order valence-electron chi connectivity index (χ2n) is 9.21. The fraction of sp³-hybridized carbons (Fsp3) is 0.538. The highest BCUT2D eigenvalue weighted by molar-refractivity contribution is 7.11. The van der Waals surface area contributed by atoms with Crippen LogP contribution in [0, 0.1) is 6.92 Å². The number of hydrogen-bond donors (Lipinski definition) is 0. The molecule has 0 aliphatic heterocycles. The molecule has 2 rings (SSSR count). The molecule has 0 spiro atoms. The molecule has 0 radical (unpaired) electrons. The van der Waals surface area contributed by atoms with Gasteiger partial charge in [0.2, 0.25) is 11.8 Å². The molecule has 170 valence electrons. The Kier molecular flexibility index (Phi) is 9.76. The number of carbonyl (C=O) groups excluding carboxylic acids is 2. The van der Waals surface area contributed by atoms with Gasteiger partial charge in [0.1, 0.15) is 6.54 Å². The van der Waals surface area contributed by atoms with Crippen molar-refractivity contribution in [3.05, 3.63) is 57.8 Å². The third-order valence-corrected chi connectivity index (χ3v) is 6.35. The largest absolute Gasteiger partial charge is 0.332 e. The average molecular weight is 443 g/mol. The van der Waals surface area contributed by atoms with E-state index in [1.165, 1.54) is 4.88 Å². The van der Waals surface area contributed by atoms with Crippen LogP contribution in [0.4, 0.5) is 0 Å².